The number of thioether (sulfide) groups is 1. The van der Waals surface area contributed by atoms with E-state index < -0.39 is 29.9 Å². The molecule has 0 aromatic heterocycles. The lowest BCUT2D eigenvalue weighted by Crippen LogP contribution is -2.71. The van der Waals surface area contributed by atoms with Gasteiger partial charge in [-0.05, 0) is 30.9 Å². The first-order valence-electron chi connectivity index (χ1n) is 7.69. The number of nitrogens with one attached hydrogen (secondary N) is 1. The second-order valence-electron chi connectivity index (χ2n) is 6.00. The standard InChI is InChI=1S/C16H19N3O4S.H2O/c1-8-7-24-15-11(14(21)19(15)12(8)16(22)23)18-13(20)10(17)9-5-3-2-4-6-9;/h2-3,6,10-11,15H,4-5,7,17H2,1H3,(H,18,20)(H,22,23);1H2/t10-,11+,15?;/m0./s1. The van der Waals surface area contributed by atoms with Crippen LogP contribution in [-0.2, 0) is 14.4 Å². The van der Waals surface area contributed by atoms with Gasteiger partial charge in [0, 0.05) is 5.75 Å². The Bertz CT molecular complexity index is 700. The van der Waals surface area contributed by atoms with Crippen LogP contribution in [0.1, 0.15) is 19.8 Å². The molecule has 0 saturated carbocycles. The summed E-state index contributed by atoms with van der Waals surface area (Å²) >= 11 is 1.45. The summed E-state index contributed by atoms with van der Waals surface area (Å²) in [4.78, 5) is 37.3. The number of amides is 2. The van der Waals surface area contributed by atoms with Crippen molar-refractivity contribution in [2.24, 2.45) is 5.73 Å². The summed E-state index contributed by atoms with van der Waals surface area (Å²) in [7, 11) is 0. The fourth-order valence-corrected chi connectivity index (χ4v) is 4.35. The first-order chi connectivity index (χ1) is 11.4. The Balaban J connectivity index is 0.00000225. The van der Waals surface area contributed by atoms with Crippen molar-refractivity contribution in [1.82, 2.24) is 10.2 Å². The van der Waals surface area contributed by atoms with E-state index in [1.807, 2.05) is 18.2 Å². The largest absolute Gasteiger partial charge is 0.477 e. The molecule has 3 aliphatic rings. The molecule has 6 N–H and O–H groups in total. The van der Waals surface area contributed by atoms with Crippen LogP contribution in [0.15, 0.2) is 35.1 Å². The number of carbonyl (C=O) groups excluding carboxylic acids is 2. The van der Waals surface area contributed by atoms with Gasteiger partial charge in [-0.25, -0.2) is 4.79 Å². The fraction of sp³-hybridized carbons (Fsp3) is 0.438. The Hall–Kier alpha value is -2.10. The van der Waals surface area contributed by atoms with Crippen molar-refractivity contribution in [3.05, 3.63) is 35.1 Å². The Kier molecular flexibility index (Phi) is 5.71. The first kappa shape index (κ1) is 19.2. The summed E-state index contributed by atoms with van der Waals surface area (Å²) in [5, 5.41) is 11.6. The van der Waals surface area contributed by atoms with E-state index in [-0.39, 0.29) is 16.5 Å². The van der Waals surface area contributed by atoms with E-state index in [2.05, 4.69) is 5.32 Å². The highest BCUT2D eigenvalue weighted by molar-refractivity contribution is 8.00. The monoisotopic (exact) mass is 367 g/mol. The second kappa shape index (κ2) is 7.42. The predicted octanol–water partition coefficient (Wildman–Crippen LogP) is -0.476. The molecular formula is C16H21N3O5S. The number of aliphatic carboxylic acids is 1. The smallest absolute Gasteiger partial charge is 0.352 e. The van der Waals surface area contributed by atoms with Gasteiger partial charge in [-0.2, -0.15) is 0 Å². The van der Waals surface area contributed by atoms with Crippen LogP contribution in [0, 0.1) is 0 Å². The van der Waals surface area contributed by atoms with Crippen molar-refractivity contribution in [3.8, 4) is 0 Å². The van der Waals surface area contributed by atoms with Crippen molar-refractivity contribution < 1.29 is 25.0 Å². The number of carbonyl (C=O) groups is 3. The lowest BCUT2D eigenvalue weighted by molar-refractivity contribution is -0.150. The van der Waals surface area contributed by atoms with Gasteiger partial charge in [-0.1, -0.05) is 18.2 Å². The minimum Gasteiger partial charge on any atom is -0.477 e. The third kappa shape index (κ3) is 3.35. The molecule has 3 rings (SSSR count). The summed E-state index contributed by atoms with van der Waals surface area (Å²) in [6, 6.07) is -1.52. The molecule has 25 heavy (non-hydrogen) atoms. The average Bonchev–Trinajstić information content (AvgIpc) is 2.59. The van der Waals surface area contributed by atoms with Gasteiger partial charge in [0.1, 0.15) is 23.2 Å². The molecule has 9 heteroatoms. The van der Waals surface area contributed by atoms with Gasteiger partial charge >= 0.3 is 5.97 Å². The number of nitrogens with zero attached hydrogens (tertiary/aromatic N) is 1. The molecule has 0 aromatic carbocycles. The van der Waals surface area contributed by atoms with E-state index in [1.54, 1.807) is 6.92 Å². The van der Waals surface area contributed by atoms with Crippen LogP contribution >= 0.6 is 11.8 Å². The normalized spacial score (nSPS) is 26.1. The zero-order valence-electron chi connectivity index (χ0n) is 13.7. The number of hydrogen-bond acceptors (Lipinski definition) is 5. The van der Waals surface area contributed by atoms with Crippen LogP contribution in [0.25, 0.3) is 0 Å². The van der Waals surface area contributed by atoms with Gasteiger partial charge in [-0.3, -0.25) is 14.5 Å². The highest BCUT2D eigenvalue weighted by Gasteiger charge is 2.53. The van der Waals surface area contributed by atoms with Crippen LogP contribution in [-0.4, -0.2) is 56.5 Å². The minimum absolute atomic E-state index is 0. The molecule has 0 bridgehead atoms. The number of rotatable bonds is 4. The van der Waals surface area contributed by atoms with Crippen molar-refractivity contribution in [1.29, 1.82) is 0 Å². The number of carboxylic acid groups (broad SMARTS) is 1. The van der Waals surface area contributed by atoms with E-state index in [0.717, 1.165) is 12.0 Å². The molecule has 1 aliphatic carbocycles. The molecule has 0 radical (unpaired) electrons. The number of fused-ring (bicyclic) bond motifs is 1. The lowest BCUT2D eigenvalue weighted by Gasteiger charge is -2.49. The van der Waals surface area contributed by atoms with Crippen LogP contribution in [0.5, 0.6) is 0 Å². The van der Waals surface area contributed by atoms with E-state index in [4.69, 9.17) is 5.73 Å². The number of allylic oxidation sites excluding steroid dienone is 3. The van der Waals surface area contributed by atoms with Crippen LogP contribution < -0.4 is 11.1 Å². The number of hydrogen-bond donors (Lipinski definition) is 3. The van der Waals surface area contributed by atoms with Crippen molar-refractivity contribution in [2.45, 2.75) is 37.2 Å². The zero-order valence-corrected chi connectivity index (χ0v) is 14.5. The number of carboxylic acids is 1. The Morgan fingerprint density at radius 3 is 2.76 bits per heavy atom. The molecule has 0 spiro atoms. The van der Waals surface area contributed by atoms with Crippen molar-refractivity contribution in [3.63, 3.8) is 0 Å². The maximum atomic E-state index is 12.3. The Labute approximate surface area is 149 Å². The van der Waals surface area contributed by atoms with Crippen molar-refractivity contribution in [2.75, 3.05) is 5.75 Å². The van der Waals surface area contributed by atoms with E-state index in [0.29, 0.717) is 17.7 Å². The summed E-state index contributed by atoms with van der Waals surface area (Å²) in [5.74, 6) is -1.41. The summed E-state index contributed by atoms with van der Waals surface area (Å²) in [5.41, 5.74) is 7.49. The highest BCUT2D eigenvalue weighted by atomic mass is 32.2. The molecule has 2 heterocycles. The first-order valence-corrected chi connectivity index (χ1v) is 8.74. The van der Waals surface area contributed by atoms with Gasteiger partial charge in [-0.15, -0.1) is 11.8 Å². The molecule has 2 amide bonds. The molecule has 136 valence electrons. The summed E-state index contributed by atoms with van der Waals surface area (Å²) in [6.07, 6.45) is 7.26. The highest BCUT2D eigenvalue weighted by Crippen LogP contribution is 2.40. The molecule has 8 nitrogen and oxygen atoms in total. The molecule has 1 unspecified atom stereocenters. The van der Waals surface area contributed by atoms with E-state index in [9.17, 15) is 19.5 Å². The molecule has 1 fully saturated rings. The van der Waals surface area contributed by atoms with Gasteiger partial charge in [0.25, 0.3) is 5.91 Å². The third-order valence-corrected chi connectivity index (χ3v) is 5.80. The molecule has 1 saturated heterocycles. The van der Waals surface area contributed by atoms with Gasteiger partial charge in [0.2, 0.25) is 5.91 Å². The minimum atomic E-state index is -1.12. The second-order valence-corrected chi connectivity index (χ2v) is 7.10. The molecular weight excluding hydrogens is 346 g/mol. The third-order valence-electron chi connectivity index (χ3n) is 4.38. The topological polar surface area (TPSA) is 144 Å². The maximum absolute atomic E-state index is 12.3. The predicted molar refractivity (Wildman–Crippen MR) is 93.4 cm³/mol. The Morgan fingerprint density at radius 1 is 1.44 bits per heavy atom. The zero-order chi connectivity index (χ0) is 17.4. The quantitative estimate of drug-likeness (QED) is 0.452. The van der Waals surface area contributed by atoms with Gasteiger partial charge in [0.15, 0.2) is 0 Å². The lowest BCUT2D eigenvalue weighted by atomic mass is 9.97. The van der Waals surface area contributed by atoms with Crippen molar-refractivity contribution >= 4 is 29.5 Å². The Morgan fingerprint density at radius 2 is 2.16 bits per heavy atom. The van der Waals surface area contributed by atoms with Crippen LogP contribution in [0.4, 0.5) is 0 Å². The fourth-order valence-electron chi connectivity index (χ4n) is 3.06. The summed E-state index contributed by atoms with van der Waals surface area (Å²) < 4.78 is 0. The average molecular weight is 367 g/mol. The van der Waals surface area contributed by atoms with Crippen LogP contribution in [0.3, 0.4) is 0 Å². The van der Waals surface area contributed by atoms with Gasteiger partial charge < -0.3 is 21.6 Å². The number of β-lactam (4-membered cyclic amide) rings is 1. The SMILES string of the molecule is CC1=C(C(=O)O)N2C(=O)[C@@H](NC(=O)[C@@H](N)C3=CCC=CC3)C2SC1.O. The molecule has 0 aromatic rings. The van der Waals surface area contributed by atoms with Crippen LogP contribution in [0.2, 0.25) is 0 Å². The van der Waals surface area contributed by atoms with E-state index in [1.165, 1.54) is 16.7 Å². The maximum Gasteiger partial charge on any atom is 0.352 e. The van der Waals surface area contributed by atoms with E-state index >= 15 is 0 Å². The molecule has 2 aliphatic heterocycles. The van der Waals surface area contributed by atoms with Gasteiger partial charge in [0.05, 0.1) is 0 Å². The molecule has 3 atom stereocenters. The summed E-state index contributed by atoms with van der Waals surface area (Å²) in [6.45, 7) is 1.70. The number of nitrogens with two attached hydrogens (primary N) is 1.